The number of ether oxygens (including phenoxy) is 3. The highest BCUT2D eigenvalue weighted by Crippen LogP contribution is 2.07. The van der Waals surface area contributed by atoms with E-state index in [1.54, 1.807) is 0 Å². The Bertz CT molecular complexity index is 272. The molecule has 0 aliphatic heterocycles. The van der Waals surface area contributed by atoms with Crippen LogP contribution in [0.3, 0.4) is 0 Å². The Morgan fingerprint density at radius 2 is 1.88 bits per heavy atom. The van der Waals surface area contributed by atoms with E-state index < -0.39 is 24.1 Å². The molecule has 0 radical (unpaired) electrons. The lowest BCUT2D eigenvalue weighted by Crippen LogP contribution is -2.35. The standard InChI is InChI=1S/C11H16O5/c1-5-10(14-6-2)11(16-9(4)13)7-15-8(3)12/h5-6,10-11H,1-2,7H2,3-4H3. The number of esters is 2. The Morgan fingerprint density at radius 1 is 1.25 bits per heavy atom. The van der Waals surface area contributed by atoms with Gasteiger partial charge in [-0.05, 0) is 6.08 Å². The molecule has 0 rings (SSSR count). The largest absolute Gasteiger partial charge is 0.491 e. The van der Waals surface area contributed by atoms with Crippen molar-refractivity contribution in [3.05, 3.63) is 25.5 Å². The van der Waals surface area contributed by atoms with Crippen LogP contribution in [-0.2, 0) is 23.8 Å². The second kappa shape index (κ2) is 7.50. The van der Waals surface area contributed by atoms with E-state index in [9.17, 15) is 9.59 Å². The predicted octanol–water partition coefficient (Wildman–Crippen LogP) is 1.20. The topological polar surface area (TPSA) is 61.8 Å². The van der Waals surface area contributed by atoms with Gasteiger partial charge in [-0.3, -0.25) is 9.59 Å². The van der Waals surface area contributed by atoms with Crippen molar-refractivity contribution in [3.8, 4) is 0 Å². The van der Waals surface area contributed by atoms with Crippen LogP contribution >= 0.6 is 0 Å². The number of hydrogen-bond donors (Lipinski definition) is 0. The molecule has 2 atom stereocenters. The van der Waals surface area contributed by atoms with E-state index in [0.717, 1.165) is 0 Å². The summed E-state index contributed by atoms with van der Waals surface area (Å²) in [4.78, 5) is 21.5. The van der Waals surface area contributed by atoms with Gasteiger partial charge in [0.05, 0.1) is 6.26 Å². The van der Waals surface area contributed by atoms with Crippen molar-refractivity contribution in [1.82, 2.24) is 0 Å². The quantitative estimate of drug-likeness (QED) is 0.372. The molecular weight excluding hydrogens is 212 g/mol. The first kappa shape index (κ1) is 14.2. The van der Waals surface area contributed by atoms with Crippen LogP contribution in [0.15, 0.2) is 25.5 Å². The van der Waals surface area contributed by atoms with Gasteiger partial charge in [-0.15, -0.1) is 0 Å². The van der Waals surface area contributed by atoms with E-state index >= 15 is 0 Å². The first-order valence-corrected chi connectivity index (χ1v) is 4.70. The summed E-state index contributed by atoms with van der Waals surface area (Å²) >= 11 is 0. The van der Waals surface area contributed by atoms with Gasteiger partial charge in [0.2, 0.25) is 0 Å². The smallest absolute Gasteiger partial charge is 0.303 e. The van der Waals surface area contributed by atoms with Gasteiger partial charge in [-0.1, -0.05) is 13.2 Å². The van der Waals surface area contributed by atoms with E-state index in [-0.39, 0.29) is 6.61 Å². The summed E-state index contributed by atoms with van der Waals surface area (Å²) in [5.74, 6) is -0.949. The van der Waals surface area contributed by atoms with Crippen LogP contribution < -0.4 is 0 Å². The Kier molecular flexibility index (Phi) is 6.67. The number of hydrogen-bond acceptors (Lipinski definition) is 5. The fourth-order valence-corrected chi connectivity index (χ4v) is 1.01. The third-order valence-corrected chi connectivity index (χ3v) is 1.62. The molecule has 0 aromatic carbocycles. The minimum Gasteiger partial charge on any atom is -0.491 e. The lowest BCUT2D eigenvalue weighted by atomic mass is 10.2. The van der Waals surface area contributed by atoms with Gasteiger partial charge in [0.15, 0.2) is 12.2 Å². The van der Waals surface area contributed by atoms with Crippen molar-refractivity contribution >= 4 is 11.9 Å². The normalized spacial score (nSPS) is 13.1. The average Bonchev–Trinajstić information content (AvgIpc) is 2.20. The van der Waals surface area contributed by atoms with E-state index in [1.165, 1.54) is 26.2 Å². The van der Waals surface area contributed by atoms with Gasteiger partial charge in [0.25, 0.3) is 0 Å². The molecule has 0 spiro atoms. The zero-order valence-corrected chi connectivity index (χ0v) is 9.47. The van der Waals surface area contributed by atoms with Crippen LogP contribution in [0.25, 0.3) is 0 Å². The summed E-state index contributed by atoms with van der Waals surface area (Å²) in [5, 5.41) is 0. The van der Waals surface area contributed by atoms with Gasteiger partial charge in [-0.25, -0.2) is 0 Å². The average molecular weight is 228 g/mol. The van der Waals surface area contributed by atoms with Gasteiger partial charge in [0.1, 0.15) is 6.61 Å². The van der Waals surface area contributed by atoms with E-state index in [1.807, 2.05) is 0 Å². The third kappa shape index (κ3) is 5.85. The maximum atomic E-state index is 10.8. The third-order valence-electron chi connectivity index (χ3n) is 1.62. The van der Waals surface area contributed by atoms with Crippen molar-refractivity contribution in [3.63, 3.8) is 0 Å². The zero-order chi connectivity index (χ0) is 12.6. The maximum Gasteiger partial charge on any atom is 0.303 e. The second-order valence-corrected chi connectivity index (χ2v) is 2.95. The SMILES string of the molecule is C=COC(C=C)C(COC(C)=O)OC(C)=O. The summed E-state index contributed by atoms with van der Waals surface area (Å²) in [6.45, 7) is 9.36. The molecular formula is C11H16O5. The summed E-state index contributed by atoms with van der Waals surface area (Å²) in [5.41, 5.74) is 0. The van der Waals surface area contributed by atoms with E-state index in [4.69, 9.17) is 14.2 Å². The molecule has 0 aromatic heterocycles. The van der Waals surface area contributed by atoms with Crippen molar-refractivity contribution in [2.45, 2.75) is 26.1 Å². The van der Waals surface area contributed by atoms with Gasteiger partial charge in [0, 0.05) is 13.8 Å². The monoisotopic (exact) mass is 228 g/mol. The Labute approximate surface area is 94.7 Å². The molecule has 0 aliphatic rings. The number of carbonyl (C=O) groups is 2. The van der Waals surface area contributed by atoms with Crippen molar-refractivity contribution in [2.75, 3.05) is 6.61 Å². The molecule has 0 bridgehead atoms. The van der Waals surface area contributed by atoms with Gasteiger partial charge >= 0.3 is 11.9 Å². The Balaban J connectivity index is 4.47. The molecule has 0 saturated heterocycles. The fourth-order valence-electron chi connectivity index (χ4n) is 1.01. The van der Waals surface area contributed by atoms with Gasteiger partial charge in [-0.2, -0.15) is 0 Å². The van der Waals surface area contributed by atoms with Crippen LogP contribution in [0.1, 0.15) is 13.8 Å². The molecule has 0 heterocycles. The summed E-state index contributed by atoms with van der Waals surface area (Å²) in [7, 11) is 0. The van der Waals surface area contributed by atoms with Crippen LogP contribution in [0.2, 0.25) is 0 Å². The minimum atomic E-state index is -0.725. The Morgan fingerprint density at radius 3 is 2.25 bits per heavy atom. The second-order valence-electron chi connectivity index (χ2n) is 2.95. The Hall–Kier alpha value is -1.78. The minimum absolute atomic E-state index is 0.0839. The van der Waals surface area contributed by atoms with E-state index in [2.05, 4.69) is 13.2 Å². The molecule has 0 amide bonds. The summed E-state index contributed by atoms with van der Waals surface area (Å²) in [6, 6.07) is 0. The summed E-state index contributed by atoms with van der Waals surface area (Å²) in [6.07, 6.45) is 1.33. The highest BCUT2D eigenvalue weighted by atomic mass is 16.6. The molecule has 5 nitrogen and oxygen atoms in total. The molecule has 90 valence electrons. The molecule has 16 heavy (non-hydrogen) atoms. The van der Waals surface area contributed by atoms with E-state index in [0.29, 0.717) is 0 Å². The lowest BCUT2D eigenvalue weighted by Gasteiger charge is -2.22. The van der Waals surface area contributed by atoms with Gasteiger partial charge < -0.3 is 14.2 Å². The molecule has 0 fully saturated rings. The van der Waals surface area contributed by atoms with Crippen LogP contribution in [0.5, 0.6) is 0 Å². The van der Waals surface area contributed by atoms with Crippen molar-refractivity contribution < 1.29 is 23.8 Å². The number of rotatable bonds is 7. The van der Waals surface area contributed by atoms with Crippen LogP contribution in [0.4, 0.5) is 0 Å². The maximum absolute atomic E-state index is 10.8. The molecule has 5 heteroatoms. The predicted molar refractivity (Wildman–Crippen MR) is 57.5 cm³/mol. The fraction of sp³-hybridized carbons (Fsp3) is 0.455. The molecule has 0 aromatic rings. The molecule has 2 unspecified atom stereocenters. The zero-order valence-electron chi connectivity index (χ0n) is 9.47. The van der Waals surface area contributed by atoms with Crippen LogP contribution in [0, 0.1) is 0 Å². The van der Waals surface area contributed by atoms with Crippen molar-refractivity contribution in [1.29, 1.82) is 0 Å². The lowest BCUT2D eigenvalue weighted by molar-refractivity contribution is -0.161. The first-order valence-electron chi connectivity index (χ1n) is 4.70. The summed E-state index contributed by atoms with van der Waals surface area (Å²) < 4.78 is 14.8. The molecule has 0 N–H and O–H groups in total. The van der Waals surface area contributed by atoms with Crippen molar-refractivity contribution in [2.24, 2.45) is 0 Å². The molecule has 0 saturated carbocycles. The first-order chi connectivity index (χ1) is 7.51. The number of carbonyl (C=O) groups excluding carboxylic acids is 2. The highest BCUT2D eigenvalue weighted by molar-refractivity contribution is 5.67. The molecule has 0 aliphatic carbocycles. The van der Waals surface area contributed by atoms with Crippen LogP contribution in [-0.4, -0.2) is 30.8 Å². The highest BCUT2D eigenvalue weighted by Gasteiger charge is 2.23.